The van der Waals surface area contributed by atoms with Crippen molar-refractivity contribution in [1.82, 2.24) is 0 Å². The molecule has 0 radical (unpaired) electrons. The van der Waals surface area contributed by atoms with Crippen molar-refractivity contribution in [3.63, 3.8) is 0 Å². The topological polar surface area (TPSA) is 52.6 Å². The van der Waals surface area contributed by atoms with Gasteiger partial charge in [-0.1, -0.05) is 45.9 Å². The molecule has 0 bridgehead atoms. The molecule has 0 fully saturated rings. The van der Waals surface area contributed by atoms with E-state index in [2.05, 4.69) is 45.9 Å². The van der Waals surface area contributed by atoms with Gasteiger partial charge in [0, 0.05) is 6.08 Å². The fourth-order valence-electron chi connectivity index (χ4n) is 4.24. The Kier molecular flexibility index (Phi) is 6.61. The Morgan fingerprint density at radius 2 is 1.39 bits per heavy atom. The predicted octanol–water partition coefficient (Wildman–Crippen LogP) is 7.00. The molecule has 1 aliphatic carbocycles. The molecule has 4 nitrogen and oxygen atoms in total. The summed E-state index contributed by atoms with van der Waals surface area (Å²) < 4.78 is 10.8. The van der Waals surface area contributed by atoms with Gasteiger partial charge in [0.1, 0.15) is 11.4 Å². The van der Waals surface area contributed by atoms with Crippen LogP contribution in [-0.4, -0.2) is 17.5 Å². The number of allylic oxidation sites excluding steroid dienone is 1. The minimum atomic E-state index is -0.563. The van der Waals surface area contributed by atoms with Crippen molar-refractivity contribution in [3.8, 4) is 5.75 Å². The number of hydrogen-bond acceptors (Lipinski definition) is 4. The lowest BCUT2D eigenvalue weighted by Gasteiger charge is -2.42. The van der Waals surface area contributed by atoms with Gasteiger partial charge in [0.25, 0.3) is 0 Å². The van der Waals surface area contributed by atoms with Crippen molar-refractivity contribution < 1.29 is 19.1 Å². The standard InChI is InChI=1S/C29H36O4/c1-19(21-11-14-23-24(18-21)29(7,8)16-15-28(23,5)6)17-25(30)32-22-12-9-20(10-13-22)26(31)33-27(2,3)4/h9-14,17-18H,15-16H2,1-8H3. The van der Waals surface area contributed by atoms with E-state index in [0.717, 1.165) is 17.6 Å². The molecule has 0 unspecified atom stereocenters. The minimum Gasteiger partial charge on any atom is -0.456 e. The molecule has 0 amide bonds. The summed E-state index contributed by atoms with van der Waals surface area (Å²) >= 11 is 0. The molecule has 1 aliphatic rings. The molecule has 2 aromatic carbocycles. The average molecular weight is 449 g/mol. The molecule has 176 valence electrons. The maximum absolute atomic E-state index is 12.5. The lowest BCUT2D eigenvalue weighted by Crippen LogP contribution is -2.33. The van der Waals surface area contributed by atoms with E-state index in [9.17, 15) is 9.59 Å². The monoisotopic (exact) mass is 448 g/mol. The SMILES string of the molecule is CC(=CC(=O)Oc1ccc(C(=O)OC(C)(C)C)cc1)c1ccc2c(c1)C(C)(C)CCC2(C)C. The van der Waals surface area contributed by atoms with E-state index >= 15 is 0 Å². The molecule has 0 saturated heterocycles. The van der Waals surface area contributed by atoms with E-state index in [0.29, 0.717) is 11.3 Å². The molecule has 3 rings (SSSR count). The highest BCUT2D eigenvalue weighted by molar-refractivity contribution is 5.93. The average Bonchev–Trinajstić information content (AvgIpc) is 2.70. The van der Waals surface area contributed by atoms with Crippen LogP contribution in [0.5, 0.6) is 5.75 Å². The summed E-state index contributed by atoms with van der Waals surface area (Å²) in [5, 5.41) is 0. The Labute approximate surface area is 198 Å². The third-order valence-corrected chi connectivity index (χ3v) is 6.35. The molecule has 0 atom stereocenters. The van der Waals surface area contributed by atoms with E-state index in [1.165, 1.54) is 23.6 Å². The largest absolute Gasteiger partial charge is 0.456 e. The van der Waals surface area contributed by atoms with Crippen LogP contribution in [-0.2, 0) is 20.4 Å². The summed E-state index contributed by atoms with van der Waals surface area (Å²) in [5.74, 6) is -0.478. The normalized spacial score (nSPS) is 17.2. The van der Waals surface area contributed by atoms with E-state index in [1.54, 1.807) is 24.3 Å². The highest BCUT2D eigenvalue weighted by Crippen LogP contribution is 2.46. The number of esters is 2. The zero-order valence-corrected chi connectivity index (χ0v) is 21.2. The maximum atomic E-state index is 12.5. The first kappa shape index (κ1) is 24.8. The van der Waals surface area contributed by atoms with Gasteiger partial charge in [-0.2, -0.15) is 0 Å². The first-order valence-electron chi connectivity index (χ1n) is 11.6. The Bertz CT molecular complexity index is 1080. The minimum absolute atomic E-state index is 0.109. The molecule has 0 spiro atoms. The Hall–Kier alpha value is -2.88. The fourth-order valence-corrected chi connectivity index (χ4v) is 4.24. The summed E-state index contributed by atoms with van der Waals surface area (Å²) in [6, 6.07) is 12.9. The number of rotatable bonds is 4. The third kappa shape index (κ3) is 5.93. The van der Waals surface area contributed by atoms with Crippen LogP contribution in [0.1, 0.15) is 95.3 Å². The number of hydrogen-bond donors (Lipinski definition) is 0. The summed E-state index contributed by atoms with van der Waals surface area (Å²) in [6.45, 7) is 16.6. The van der Waals surface area contributed by atoms with Crippen molar-refractivity contribution in [3.05, 3.63) is 70.8 Å². The molecule has 0 saturated carbocycles. The maximum Gasteiger partial charge on any atom is 0.338 e. The zero-order valence-electron chi connectivity index (χ0n) is 21.2. The van der Waals surface area contributed by atoms with Gasteiger partial charge in [0.15, 0.2) is 0 Å². The van der Waals surface area contributed by atoms with Crippen molar-refractivity contribution >= 4 is 17.5 Å². The van der Waals surface area contributed by atoms with Crippen LogP contribution in [0.2, 0.25) is 0 Å². The first-order chi connectivity index (χ1) is 15.2. The van der Waals surface area contributed by atoms with Gasteiger partial charge >= 0.3 is 11.9 Å². The van der Waals surface area contributed by atoms with Crippen molar-refractivity contribution in [2.45, 2.75) is 84.7 Å². The number of ether oxygens (including phenoxy) is 2. The van der Waals surface area contributed by atoms with Crippen LogP contribution >= 0.6 is 0 Å². The highest BCUT2D eigenvalue weighted by Gasteiger charge is 2.37. The molecule has 4 heteroatoms. The molecule has 0 N–H and O–H groups in total. The predicted molar refractivity (Wildman–Crippen MR) is 133 cm³/mol. The number of carbonyl (C=O) groups excluding carboxylic acids is 2. The second-order valence-electron chi connectivity index (χ2n) is 11.3. The van der Waals surface area contributed by atoms with Gasteiger partial charge in [0.2, 0.25) is 0 Å². The van der Waals surface area contributed by atoms with Gasteiger partial charge in [0.05, 0.1) is 5.56 Å². The Balaban J connectivity index is 1.74. The summed E-state index contributed by atoms with van der Waals surface area (Å²) in [5.41, 5.74) is 4.74. The molecular formula is C29H36O4. The van der Waals surface area contributed by atoms with Gasteiger partial charge in [-0.15, -0.1) is 0 Å². The molecule has 33 heavy (non-hydrogen) atoms. The van der Waals surface area contributed by atoms with Crippen LogP contribution in [0, 0.1) is 0 Å². The Morgan fingerprint density at radius 1 is 0.848 bits per heavy atom. The summed E-state index contributed by atoms with van der Waals surface area (Å²) in [7, 11) is 0. The van der Waals surface area contributed by atoms with Gasteiger partial charge in [-0.25, -0.2) is 9.59 Å². The second-order valence-corrected chi connectivity index (χ2v) is 11.3. The van der Waals surface area contributed by atoms with Crippen molar-refractivity contribution in [2.24, 2.45) is 0 Å². The summed E-state index contributed by atoms with van der Waals surface area (Å²) in [6.07, 6.45) is 3.82. The molecular weight excluding hydrogens is 412 g/mol. The quantitative estimate of drug-likeness (QED) is 0.287. The van der Waals surface area contributed by atoms with E-state index in [-0.39, 0.29) is 10.8 Å². The second kappa shape index (κ2) is 8.81. The molecule has 2 aromatic rings. The first-order valence-corrected chi connectivity index (χ1v) is 11.6. The lowest BCUT2D eigenvalue weighted by atomic mass is 9.63. The fraction of sp³-hybridized carbons (Fsp3) is 0.448. The van der Waals surface area contributed by atoms with Crippen LogP contribution in [0.15, 0.2) is 48.5 Å². The van der Waals surface area contributed by atoms with Gasteiger partial charge in [-0.05, 0) is 97.9 Å². The highest BCUT2D eigenvalue weighted by atomic mass is 16.6. The Morgan fingerprint density at radius 3 is 1.97 bits per heavy atom. The number of benzene rings is 2. The van der Waals surface area contributed by atoms with Crippen molar-refractivity contribution in [1.29, 1.82) is 0 Å². The third-order valence-electron chi connectivity index (χ3n) is 6.35. The van der Waals surface area contributed by atoms with Crippen LogP contribution in [0.3, 0.4) is 0 Å². The molecule has 0 heterocycles. The van der Waals surface area contributed by atoms with Crippen molar-refractivity contribution in [2.75, 3.05) is 0 Å². The number of carbonyl (C=O) groups is 2. The molecule has 0 aromatic heterocycles. The number of fused-ring (bicyclic) bond motifs is 1. The van der Waals surface area contributed by atoms with E-state index in [4.69, 9.17) is 9.47 Å². The zero-order chi connectivity index (χ0) is 24.6. The van der Waals surface area contributed by atoms with E-state index < -0.39 is 17.5 Å². The van der Waals surface area contributed by atoms with Crippen LogP contribution < -0.4 is 4.74 Å². The van der Waals surface area contributed by atoms with Crippen LogP contribution in [0.4, 0.5) is 0 Å². The van der Waals surface area contributed by atoms with E-state index in [1.807, 2.05) is 27.7 Å². The van der Waals surface area contributed by atoms with Gasteiger partial charge in [-0.3, -0.25) is 0 Å². The van der Waals surface area contributed by atoms with Crippen LogP contribution in [0.25, 0.3) is 5.57 Å². The molecule has 0 aliphatic heterocycles. The van der Waals surface area contributed by atoms with Gasteiger partial charge < -0.3 is 9.47 Å². The lowest BCUT2D eigenvalue weighted by molar-refractivity contribution is -0.128. The summed E-state index contributed by atoms with van der Waals surface area (Å²) in [4.78, 5) is 24.7. The smallest absolute Gasteiger partial charge is 0.338 e.